The average molecular weight is 389 g/mol. The third-order valence-corrected chi connectivity index (χ3v) is 4.79. The smallest absolute Gasteiger partial charge is 0.272 e. The standard InChI is InChI=1S/C21H23N7O/c1-16-13-18(26-21(25-16)24-15-17-5-4-7-22-14-17)20(29)28-11-9-27(10-12-28)19-6-2-3-8-23-19/h2-8,13-14H,9-12,15H2,1H3,(H,24,25,26). The first-order valence-corrected chi connectivity index (χ1v) is 9.63. The maximum atomic E-state index is 13.0. The van der Waals surface area contributed by atoms with Crippen molar-refractivity contribution in [3.63, 3.8) is 0 Å². The topological polar surface area (TPSA) is 87.1 Å². The lowest BCUT2D eigenvalue weighted by Gasteiger charge is -2.35. The number of rotatable bonds is 5. The van der Waals surface area contributed by atoms with Crippen molar-refractivity contribution in [2.24, 2.45) is 0 Å². The Bertz CT molecular complexity index is 957. The van der Waals surface area contributed by atoms with Gasteiger partial charge in [0.15, 0.2) is 0 Å². The second-order valence-electron chi connectivity index (χ2n) is 6.90. The monoisotopic (exact) mass is 389 g/mol. The Labute approximate surface area is 169 Å². The van der Waals surface area contributed by atoms with Crippen LogP contribution in [0.1, 0.15) is 21.7 Å². The van der Waals surface area contributed by atoms with Crippen molar-refractivity contribution >= 4 is 17.7 Å². The number of hydrogen-bond donors (Lipinski definition) is 1. The van der Waals surface area contributed by atoms with Crippen molar-refractivity contribution in [3.8, 4) is 0 Å². The van der Waals surface area contributed by atoms with Crippen molar-refractivity contribution in [3.05, 3.63) is 71.9 Å². The van der Waals surface area contributed by atoms with Crippen LogP contribution in [0, 0.1) is 6.92 Å². The fraction of sp³-hybridized carbons (Fsp3) is 0.286. The number of pyridine rings is 2. The molecule has 0 unspecified atom stereocenters. The van der Waals surface area contributed by atoms with E-state index in [2.05, 4.69) is 30.2 Å². The molecule has 4 heterocycles. The Hall–Kier alpha value is -3.55. The van der Waals surface area contributed by atoms with E-state index < -0.39 is 0 Å². The van der Waals surface area contributed by atoms with Crippen molar-refractivity contribution < 1.29 is 4.79 Å². The Balaban J connectivity index is 1.40. The van der Waals surface area contributed by atoms with Gasteiger partial charge in [-0.05, 0) is 36.8 Å². The fourth-order valence-corrected chi connectivity index (χ4v) is 3.28. The van der Waals surface area contributed by atoms with E-state index in [9.17, 15) is 4.79 Å². The number of piperazine rings is 1. The molecule has 148 valence electrons. The predicted octanol–water partition coefficient (Wildman–Crippen LogP) is 2.15. The molecule has 3 aromatic rings. The van der Waals surface area contributed by atoms with Gasteiger partial charge < -0.3 is 15.1 Å². The molecule has 3 aromatic heterocycles. The molecule has 0 atom stereocenters. The molecule has 1 aliphatic heterocycles. The molecule has 1 N–H and O–H groups in total. The molecule has 0 radical (unpaired) electrons. The van der Waals surface area contributed by atoms with E-state index in [1.807, 2.05) is 42.2 Å². The first kappa shape index (κ1) is 18.8. The Kier molecular flexibility index (Phi) is 5.60. The van der Waals surface area contributed by atoms with Gasteiger partial charge in [0.1, 0.15) is 11.5 Å². The number of aryl methyl sites for hydroxylation is 1. The number of carbonyl (C=O) groups is 1. The number of carbonyl (C=O) groups excluding carboxylic acids is 1. The van der Waals surface area contributed by atoms with Crippen LogP contribution in [0.4, 0.5) is 11.8 Å². The highest BCUT2D eigenvalue weighted by Gasteiger charge is 2.24. The lowest BCUT2D eigenvalue weighted by Crippen LogP contribution is -2.49. The van der Waals surface area contributed by atoms with Gasteiger partial charge in [-0.3, -0.25) is 9.78 Å². The van der Waals surface area contributed by atoms with Crippen molar-refractivity contribution in [2.75, 3.05) is 36.4 Å². The van der Waals surface area contributed by atoms with Crippen LogP contribution in [0.3, 0.4) is 0 Å². The van der Waals surface area contributed by atoms with E-state index in [1.165, 1.54) is 0 Å². The summed E-state index contributed by atoms with van der Waals surface area (Å²) in [5, 5.41) is 3.18. The van der Waals surface area contributed by atoms with Crippen molar-refractivity contribution in [2.45, 2.75) is 13.5 Å². The molecule has 0 aliphatic carbocycles. The second kappa shape index (κ2) is 8.64. The summed E-state index contributed by atoms with van der Waals surface area (Å²) < 4.78 is 0. The molecule has 29 heavy (non-hydrogen) atoms. The summed E-state index contributed by atoms with van der Waals surface area (Å²) in [6.45, 7) is 5.19. The molecular weight excluding hydrogens is 366 g/mol. The minimum Gasteiger partial charge on any atom is -0.353 e. The van der Waals surface area contributed by atoms with Crippen LogP contribution in [0.5, 0.6) is 0 Å². The zero-order valence-corrected chi connectivity index (χ0v) is 16.3. The minimum atomic E-state index is -0.0689. The molecule has 1 amide bonds. The van der Waals surface area contributed by atoms with Crippen LogP contribution < -0.4 is 10.2 Å². The van der Waals surface area contributed by atoms with E-state index in [1.54, 1.807) is 24.7 Å². The normalized spacial score (nSPS) is 14.0. The van der Waals surface area contributed by atoms with Gasteiger partial charge >= 0.3 is 0 Å². The quantitative estimate of drug-likeness (QED) is 0.715. The highest BCUT2D eigenvalue weighted by molar-refractivity contribution is 5.92. The van der Waals surface area contributed by atoms with Gasteiger partial charge in [-0.15, -0.1) is 0 Å². The zero-order valence-electron chi connectivity index (χ0n) is 16.3. The van der Waals surface area contributed by atoms with Crippen LogP contribution >= 0.6 is 0 Å². The molecule has 1 saturated heterocycles. The van der Waals surface area contributed by atoms with Gasteiger partial charge in [0.25, 0.3) is 5.91 Å². The highest BCUT2D eigenvalue weighted by Crippen LogP contribution is 2.15. The number of nitrogens with one attached hydrogen (secondary N) is 1. The number of hydrogen-bond acceptors (Lipinski definition) is 7. The summed E-state index contributed by atoms with van der Waals surface area (Å²) in [7, 11) is 0. The third-order valence-electron chi connectivity index (χ3n) is 4.79. The first-order valence-electron chi connectivity index (χ1n) is 9.63. The summed E-state index contributed by atoms with van der Waals surface area (Å²) >= 11 is 0. The molecule has 4 rings (SSSR count). The summed E-state index contributed by atoms with van der Waals surface area (Å²) in [5.74, 6) is 1.32. The largest absolute Gasteiger partial charge is 0.353 e. The van der Waals surface area contributed by atoms with Gasteiger partial charge in [-0.2, -0.15) is 0 Å². The third kappa shape index (κ3) is 4.66. The van der Waals surface area contributed by atoms with Crippen LogP contribution in [0.25, 0.3) is 0 Å². The maximum absolute atomic E-state index is 13.0. The van der Waals surface area contributed by atoms with Gasteiger partial charge in [0.05, 0.1) is 0 Å². The summed E-state index contributed by atoms with van der Waals surface area (Å²) in [6, 6.07) is 11.5. The van der Waals surface area contributed by atoms with Crippen molar-refractivity contribution in [1.29, 1.82) is 0 Å². The maximum Gasteiger partial charge on any atom is 0.272 e. The van der Waals surface area contributed by atoms with Gasteiger partial charge in [-0.1, -0.05) is 12.1 Å². The number of nitrogens with zero attached hydrogens (tertiary/aromatic N) is 6. The van der Waals surface area contributed by atoms with E-state index in [-0.39, 0.29) is 5.91 Å². The summed E-state index contributed by atoms with van der Waals surface area (Å²) in [6.07, 6.45) is 5.31. The van der Waals surface area contributed by atoms with E-state index in [4.69, 9.17) is 0 Å². The fourth-order valence-electron chi connectivity index (χ4n) is 3.28. The minimum absolute atomic E-state index is 0.0689. The van der Waals surface area contributed by atoms with Gasteiger partial charge in [-0.25, -0.2) is 15.0 Å². The van der Waals surface area contributed by atoms with Crippen LogP contribution in [0.2, 0.25) is 0 Å². The molecule has 0 aromatic carbocycles. The Morgan fingerprint density at radius 3 is 2.66 bits per heavy atom. The molecule has 0 saturated carbocycles. The molecular formula is C21H23N7O. The summed E-state index contributed by atoms with van der Waals surface area (Å²) in [4.78, 5) is 34.3. The number of aromatic nitrogens is 4. The lowest BCUT2D eigenvalue weighted by atomic mass is 10.2. The van der Waals surface area contributed by atoms with E-state index in [0.29, 0.717) is 31.3 Å². The van der Waals surface area contributed by atoms with Crippen LogP contribution in [-0.4, -0.2) is 56.9 Å². The zero-order chi connectivity index (χ0) is 20.1. The first-order chi connectivity index (χ1) is 14.2. The van der Waals surface area contributed by atoms with Crippen molar-refractivity contribution in [1.82, 2.24) is 24.8 Å². The molecule has 8 nitrogen and oxygen atoms in total. The molecule has 0 bridgehead atoms. The molecule has 8 heteroatoms. The van der Waals surface area contributed by atoms with Gasteiger partial charge in [0.2, 0.25) is 5.95 Å². The van der Waals surface area contributed by atoms with Gasteiger partial charge in [0, 0.05) is 57.0 Å². The van der Waals surface area contributed by atoms with E-state index >= 15 is 0 Å². The SMILES string of the molecule is Cc1cc(C(=O)N2CCN(c3ccccn3)CC2)nc(NCc2cccnc2)n1. The Morgan fingerprint density at radius 2 is 1.93 bits per heavy atom. The molecule has 1 aliphatic rings. The number of anilines is 2. The van der Waals surface area contributed by atoms with Crippen LogP contribution in [0.15, 0.2) is 55.0 Å². The lowest BCUT2D eigenvalue weighted by molar-refractivity contribution is 0.0740. The molecule has 0 spiro atoms. The molecule has 1 fully saturated rings. The summed E-state index contributed by atoms with van der Waals surface area (Å²) in [5.41, 5.74) is 2.19. The Morgan fingerprint density at radius 1 is 1.07 bits per heavy atom. The van der Waals surface area contributed by atoms with E-state index in [0.717, 1.165) is 30.2 Å². The predicted molar refractivity (Wildman–Crippen MR) is 111 cm³/mol. The average Bonchev–Trinajstić information content (AvgIpc) is 2.78. The van der Waals surface area contributed by atoms with Crippen LogP contribution in [-0.2, 0) is 6.54 Å². The number of amides is 1. The second-order valence-corrected chi connectivity index (χ2v) is 6.90. The highest BCUT2D eigenvalue weighted by atomic mass is 16.2.